The van der Waals surface area contributed by atoms with E-state index in [9.17, 15) is 9.90 Å². The zero-order valence-corrected chi connectivity index (χ0v) is 16.7. The highest BCUT2D eigenvalue weighted by atomic mass is 35.5. The Kier molecular flexibility index (Phi) is 4.72. The van der Waals surface area contributed by atoms with E-state index in [4.69, 9.17) is 11.6 Å². The van der Waals surface area contributed by atoms with Gasteiger partial charge in [-0.1, -0.05) is 23.4 Å². The number of thioether (sulfide) groups is 1. The number of halogens is 1. The van der Waals surface area contributed by atoms with Gasteiger partial charge in [0.15, 0.2) is 5.16 Å². The van der Waals surface area contributed by atoms with Crippen LogP contribution in [0.25, 0.3) is 11.3 Å². The number of nitrogens with zero attached hydrogens (tertiary/aromatic N) is 5. The molecule has 0 fully saturated rings. The molecule has 1 unspecified atom stereocenters. The number of pyridine rings is 1. The van der Waals surface area contributed by atoms with Crippen molar-refractivity contribution in [2.24, 2.45) is 0 Å². The molecule has 10 heteroatoms. The van der Waals surface area contributed by atoms with Crippen molar-refractivity contribution in [2.45, 2.75) is 30.6 Å². The molecule has 28 heavy (non-hydrogen) atoms. The van der Waals surface area contributed by atoms with Crippen LogP contribution in [0.2, 0.25) is 5.02 Å². The number of hydrogen-bond donors (Lipinski definition) is 2. The van der Waals surface area contributed by atoms with E-state index in [1.54, 1.807) is 41.5 Å². The fourth-order valence-electron chi connectivity index (χ4n) is 2.98. The number of imidazole rings is 1. The zero-order chi connectivity index (χ0) is 19.9. The number of rotatable bonds is 5. The minimum atomic E-state index is -0.860. The van der Waals surface area contributed by atoms with Crippen molar-refractivity contribution in [1.82, 2.24) is 24.5 Å². The predicted molar refractivity (Wildman–Crippen MR) is 107 cm³/mol. The minimum absolute atomic E-state index is 0.431. The van der Waals surface area contributed by atoms with Crippen molar-refractivity contribution in [2.75, 3.05) is 11.1 Å². The van der Waals surface area contributed by atoms with Crippen LogP contribution in [0, 0.1) is 0 Å². The Hall–Kier alpha value is -2.65. The van der Waals surface area contributed by atoms with Gasteiger partial charge in [-0.2, -0.15) is 0 Å². The molecule has 0 spiro atoms. The number of nitrogens with one attached hydrogen (secondary N) is 1. The van der Waals surface area contributed by atoms with Crippen molar-refractivity contribution in [1.29, 1.82) is 0 Å². The van der Waals surface area contributed by atoms with E-state index in [0.717, 1.165) is 0 Å². The Bertz CT molecular complexity index is 1040. The maximum atomic E-state index is 11.3. The average Bonchev–Trinajstić information content (AvgIpc) is 3.22. The van der Waals surface area contributed by atoms with E-state index < -0.39 is 17.6 Å². The van der Waals surface area contributed by atoms with Crippen molar-refractivity contribution in [3.63, 3.8) is 0 Å². The molecule has 144 valence electrons. The van der Waals surface area contributed by atoms with E-state index >= 15 is 0 Å². The Labute approximate surface area is 170 Å². The van der Waals surface area contributed by atoms with Crippen LogP contribution in [0.1, 0.15) is 25.6 Å². The van der Waals surface area contributed by atoms with Gasteiger partial charge in [0.05, 0.1) is 21.9 Å². The lowest BCUT2D eigenvalue weighted by molar-refractivity contribution is -0.140. The van der Waals surface area contributed by atoms with E-state index in [1.807, 2.05) is 13.8 Å². The molecule has 1 aliphatic rings. The van der Waals surface area contributed by atoms with Gasteiger partial charge in [0.2, 0.25) is 5.95 Å². The normalized spacial score (nSPS) is 16.0. The first-order chi connectivity index (χ1) is 13.3. The molecular weight excluding hydrogens is 400 g/mol. The number of carboxylic acids is 1. The van der Waals surface area contributed by atoms with Crippen molar-refractivity contribution >= 4 is 35.3 Å². The van der Waals surface area contributed by atoms with Gasteiger partial charge < -0.3 is 15.0 Å². The first-order valence-electron chi connectivity index (χ1n) is 8.51. The van der Waals surface area contributed by atoms with E-state index in [-0.39, 0.29) is 0 Å². The second-order valence-corrected chi connectivity index (χ2v) is 8.25. The largest absolute Gasteiger partial charge is 0.480 e. The summed E-state index contributed by atoms with van der Waals surface area (Å²) in [5, 5.41) is 13.8. The summed E-state index contributed by atoms with van der Waals surface area (Å²) < 4.78 is 1.68. The minimum Gasteiger partial charge on any atom is -0.480 e. The molecule has 0 amide bonds. The third-order valence-electron chi connectivity index (χ3n) is 4.41. The molecule has 1 aliphatic heterocycles. The number of hydrogen-bond acceptors (Lipinski definition) is 7. The second-order valence-electron chi connectivity index (χ2n) is 6.86. The van der Waals surface area contributed by atoms with Gasteiger partial charge in [0, 0.05) is 36.1 Å². The molecule has 1 atom stereocenters. The molecule has 4 heterocycles. The monoisotopic (exact) mass is 416 g/mol. The number of anilines is 1. The molecule has 3 aromatic heterocycles. The topological polar surface area (TPSA) is 106 Å². The fraction of sp³-hybridized carbons (Fsp3) is 0.278. The SMILES string of the molecule is CC(C)(Nc1ncc(-c2cn3c(n2)SCC3C(=O)O)cn1)c1ncccc1Cl. The van der Waals surface area contributed by atoms with Crippen LogP contribution in [-0.4, -0.2) is 41.3 Å². The second kappa shape index (κ2) is 7.06. The predicted octanol–water partition coefficient (Wildman–Crippen LogP) is 3.47. The molecule has 2 N–H and O–H groups in total. The molecule has 0 bridgehead atoms. The Morgan fingerprint density at radius 3 is 2.79 bits per heavy atom. The van der Waals surface area contributed by atoms with Crippen LogP contribution < -0.4 is 5.32 Å². The summed E-state index contributed by atoms with van der Waals surface area (Å²) in [6, 6.07) is 2.98. The maximum absolute atomic E-state index is 11.3. The molecule has 0 aromatic carbocycles. The standard InChI is InChI=1S/C18H17ClN6O2S/c1-18(2,14-11(19)4-3-5-20-14)24-16-21-6-10(7-22-16)12-8-25-13(15(26)27)9-28-17(25)23-12/h3-8,13H,9H2,1-2H3,(H,26,27)(H,21,22,24). The van der Waals surface area contributed by atoms with Crippen molar-refractivity contribution in [3.05, 3.63) is 47.6 Å². The van der Waals surface area contributed by atoms with Gasteiger partial charge >= 0.3 is 5.97 Å². The summed E-state index contributed by atoms with van der Waals surface area (Å²) in [6.45, 7) is 3.89. The van der Waals surface area contributed by atoms with Crippen LogP contribution in [0.5, 0.6) is 0 Å². The van der Waals surface area contributed by atoms with Gasteiger partial charge in [-0.3, -0.25) is 4.98 Å². The summed E-state index contributed by atoms with van der Waals surface area (Å²) in [7, 11) is 0. The number of carboxylic acid groups (broad SMARTS) is 1. The Morgan fingerprint density at radius 2 is 2.11 bits per heavy atom. The first-order valence-corrected chi connectivity index (χ1v) is 9.87. The highest BCUT2D eigenvalue weighted by Crippen LogP contribution is 2.35. The van der Waals surface area contributed by atoms with E-state index in [0.29, 0.717) is 38.8 Å². The smallest absolute Gasteiger partial charge is 0.327 e. The molecule has 0 radical (unpaired) electrons. The molecule has 4 rings (SSSR count). The number of aliphatic carboxylic acids is 1. The van der Waals surface area contributed by atoms with Crippen LogP contribution in [0.4, 0.5) is 5.95 Å². The van der Waals surface area contributed by atoms with Gasteiger partial charge in [0.1, 0.15) is 6.04 Å². The highest BCUT2D eigenvalue weighted by Gasteiger charge is 2.30. The summed E-state index contributed by atoms with van der Waals surface area (Å²) in [6.07, 6.45) is 6.74. The average molecular weight is 417 g/mol. The Balaban J connectivity index is 1.55. The van der Waals surface area contributed by atoms with Gasteiger partial charge in [-0.05, 0) is 26.0 Å². The fourth-order valence-corrected chi connectivity index (χ4v) is 4.44. The summed E-state index contributed by atoms with van der Waals surface area (Å²) >= 11 is 7.68. The van der Waals surface area contributed by atoms with Crippen LogP contribution in [-0.2, 0) is 10.3 Å². The van der Waals surface area contributed by atoms with Crippen LogP contribution >= 0.6 is 23.4 Å². The lowest BCUT2D eigenvalue weighted by Gasteiger charge is -2.26. The summed E-state index contributed by atoms with van der Waals surface area (Å²) in [5.41, 5.74) is 1.49. The van der Waals surface area contributed by atoms with Gasteiger partial charge in [-0.25, -0.2) is 19.7 Å². The molecule has 3 aromatic rings. The van der Waals surface area contributed by atoms with E-state index in [1.165, 1.54) is 11.8 Å². The molecule has 0 aliphatic carbocycles. The zero-order valence-electron chi connectivity index (χ0n) is 15.1. The van der Waals surface area contributed by atoms with E-state index in [2.05, 4.69) is 25.3 Å². The number of fused-ring (bicyclic) bond motifs is 1. The summed E-state index contributed by atoms with van der Waals surface area (Å²) in [5.74, 6) is 0.0593. The Morgan fingerprint density at radius 1 is 1.36 bits per heavy atom. The van der Waals surface area contributed by atoms with Gasteiger partial charge in [0.25, 0.3) is 0 Å². The van der Waals surface area contributed by atoms with Crippen LogP contribution in [0.15, 0.2) is 42.1 Å². The highest BCUT2D eigenvalue weighted by molar-refractivity contribution is 7.99. The van der Waals surface area contributed by atoms with Crippen LogP contribution in [0.3, 0.4) is 0 Å². The summed E-state index contributed by atoms with van der Waals surface area (Å²) in [4.78, 5) is 28.9. The van der Waals surface area contributed by atoms with Crippen molar-refractivity contribution in [3.8, 4) is 11.3 Å². The third kappa shape index (κ3) is 3.43. The molecule has 0 saturated heterocycles. The van der Waals surface area contributed by atoms with Crippen molar-refractivity contribution < 1.29 is 9.90 Å². The maximum Gasteiger partial charge on any atom is 0.327 e. The quantitative estimate of drug-likeness (QED) is 0.651. The first kappa shape index (κ1) is 18.7. The molecule has 0 saturated carbocycles. The third-order valence-corrected chi connectivity index (χ3v) is 5.76. The lowest BCUT2D eigenvalue weighted by Crippen LogP contribution is -2.30. The molecular formula is C18H17ClN6O2S. The lowest BCUT2D eigenvalue weighted by atomic mass is 10.00. The number of carbonyl (C=O) groups is 1. The molecule has 8 nitrogen and oxygen atoms in total. The number of aromatic nitrogens is 5. The van der Waals surface area contributed by atoms with Gasteiger partial charge in [-0.15, -0.1) is 0 Å².